The smallest absolute Gasteiger partial charge is 0.249 e. The maximum atomic E-state index is 15.1. The van der Waals surface area contributed by atoms with Crippen molar-refractivity contribution in [2.45, 2.75) is 19.1 Å². The molecule has 36 heavy (non-hydrogen) atoms. The van der Waals surface area contributed by atoms with Gasteiger partial charge >= 0.3 is 0 Å². The van der Waals surface area contributed by atoms with E-state index in [2.05, 4.69) is 15.6 Å². The van der Waals surface area contributed by atoms with Crippen molar-refractivity contribution in [2.24, 2.45) is 0 Å². The zero-order valence-electron chi connectivity index (χ0n) is 19.1. The average molecular weight is 484 g/mol. The van der Waals surface area contributed by atoms with Gasteiger partial charge < -0.3 is 9.73 Å². The fourth-order valence-electron chi connectivity index (χ4n) is 4.04. The van der Waals surface area contributed by atoms with Crippen LogP contribution in [0.25, 0.3) is 11.0 Å². The molecule has 0 aliphatic rings. The molecular formula is C27H22FN5O3. The molecule has 1 unspecified atom stereocenters. The third-order valence-electron chi connectivity index (χ3n) is 5.73. The number of hydrogen-bond donors (Lipinski definition) is 1. The summed E-state index contributed by atoms with van der Waals surface area (Å²) in [4.78, 5) is 28.7. The fraction of sp³-hybridized carbons (Fsp3) is 0.111. The van der Waals surface area contributed by atoms with Crippen LogP contribution in [0.15, 0.2) is 102 Å². The number of anilines is 1. The van der Waals surface area contributed by atoms with Crippen LogP contribution in [0.4, 0.5) is 10.1 Å². The molecule has 0 radical (unpaired) electrons. The van der Waals surface area contributed by atoms with Crippen LogP contribution < -0.4 is 10.2 Å². The van der Waals surface area contributed by atoms with Crippen molar-refractivity contribution in [3.05, 3.63) is 114 Å². The minimum absolute atomic E-state index is 0.0649. The van der Waals surface area contributed by atoms with Crippen molar-refractivity contribution in [1.82, 2.24) is 20.3 Å². The number of amides is 2. The molecule has 0 saturated carbocycles. The first-order chi connectivity index (χ1) is 17.6. The lowest BCUT2D eigenvalue weighted by atomic mass is 10.0. The van der Waals surface area contributed by atoms with E-state index in [0.717, 1.165) is 0 Å². The highest BCUT2D eigenvalue weighted by Crippen LogP contribution is 2.30. The number of carbonyl (C=O) groups is 2. The molecule has 180 valence electrons. The van der Waals surface area contributed by atoms with E-state index in [4.69, 9.17) is 4.42 Å². The molecule has 0 fully saturated rings. The van der Waals surface area contributed by atoms with Gasteiger partial charge in [0.05, 0.1) is 18.3 Å². The first-order valence-corrected chi connectivity index (χ1v) is 11.3. The Balaban J connectivity index is 1.55. The summed E-state index contributed by atoms with van der Waals surface area (Å²) < 4.78 is 21.8. The summed E-state index contributed by atoms with van der Waals surface area (Å²) in [5.74, 6) is -1.09. The van der Waals surface area contributed by atoms with Gasteiger partial charge in [0, 0.05) is 11.3 Å². The van der Waals surface area contributed by atoms with Gasteiger partial charge in [-0.05, 0) is 42.5 Å². The SMILES string of the molecule is O=C(NCc1ccco1)C(c1ccccc1F)N(C(=O)Cn1nnc2ccccc21)c1ccccc1. The number of furan rings is 1. The number of hydrogen-bond acceptors (Lipinski definition) is 5. The van der Waals surface area contributed by atoms with Gasteiger partial charge in [-0.2, -0.15) is 0 Å². The highest BCUT2D eigenvalue weighted by molar-refractivity contribution is 6.01. The molecule has 9 heteroatoms. The molecule has 1 N–H and O–H groups in total. The molecule has 8 nitrogen and oxygen atoms in total. The molecular weight excluding hydrogens is 461 g/mol. The second kappa shape index (κ2) is 10.2. The Hall–Kier alpha value is -4.79. The van der Waals surface area contributed by atoms with Gasteiger partial charge in [-0.15, -0.1) is 5.10 Å². The molecule has 0 aliphatic heterocycles. The average Bonchev–Trinajstić information content (AvgIpc) is 3.57. The predicted octanol–water partition coefficient (Wildman–Crippen LogP) is 4.25. The van der Waals surface area contributed by atoms with E-state index in [0.29, 0.717) is 22.5 Å². The number of nitrogens with zero attached hydrogens (tertiary/aromatic N) is 4. The van der Waals surface area contributed by atoms with Crippen LogP contribution in [0.1, 0.15) is 17.4 Å². The van der Waals surface area contributed by atoms with Crippen LogP contribution in [0.2, 0.25) is 0 Å². The number of carbonyl (C=O) groups excluding carboxylic acids is 2. The first-order valence-electron chi connectivity index (χ1n) is 11.3. The Morgan fingerprint density at radius 3 is 2.47 bits per heavy atom. The summed E-state index contributed by atoms with van der Waals surface area (Å²) in [5.41, 5.74) is 1.81. The van der Waals surface area contributed by atoms with E-state index in [1.807, 2.05) is 12.1 Å². The van der Waals surface area contributed by atoms with Crippen LogP contribution in [0, 0.1) is 5.82 Å². The highest BCUT2D eigenvalue weighted by atomic mass is 19.1. The lowest BCUT2D eigenvalue weighted by Gasteiger charge is -2.31. The number of benzene rings is 3. The maximum absolute atomic E-state index is 15.1. The van der Waals surface area contributed by atoms with E-state index >= 15 is 4.39 Å². The van der Waals surface area contributed by atoms with Crippen LogP contribution >= 0.6 is 0 Å². The van der Waals surface area contributed by atoms with E-state index in [1.165, 1.54) is 34.0 Å². The molecule has 3 aromatic carbocycles. The lowest BCUT2D eigenvalue weighted by Crippen LogP contribution is -2.45. The summed E-state index contributed by atoms with van der Waals surface area (Å²) >= 11 is 0. The van der Waals surface area contributed by atoms with E-state index in [9.17, 15) is 9.59 Å². The molecule has 0 aliphatic carbocycles. The summed E-state index contributed by atoms with van der Waals surface area (Å²) in [7, 11) is 0. The van der Waals surface area contributed by atoms with Crippen molar-refractivity contribution < 1.29 is 18.4 Å². The Bertz CT molecular complexity index is 1480. The van der Waals surface area contributed by atoms with Gasteiger partial charge in [0.25, 0.3) is 0 Å². The van der Waals surface area contributed by atoms with Crippen molar-refractivity contribution in [3.63, 3.8) is 0 Å². The van der Waals surface area contributed by atoms with Crippen LogP contribution in [0.3, 0.4) is 0 Å². The van der Waals surface area contributed by atoms with Gasteiger partial charge in [0.15, 0.2) is 0 Å². The monoisotopic (exact) mass is 483 g/mol. The number of fused-ring (bicyclic) bond motifs is 1. The summed E-state index contributed by atoms with van der Waals surface area (Å²) in [6.45, 7) is -0.118. The predicted molar refractivity (Wildman–Crippen MR) is 131 cm³/mol. The van der Waals surface area contributed by atoms with Crippen LogP contribution in [0.5, 0.6) is 0 Å². The van der Waals surface area contributed by atoms with Gasteiger partial charge in [-0.1, -0.05) is 53.7 Å². The Morgan fingerprint density at radius 1 is 0.944 bits per heavy atom. The Morgan fingerprint density at radius 2 is 1.69 bits per heavy atom. The fourth-order valence-corrected chi connectivity index (χ4v) is 4.04. The largest absolute Gasteiger partial charge is 0.467 e. The van der Waals surface area contributed by atoms with Gasteiger partial charge in [0.1, 0.15) is 29.7 Å². The molecule has 5 aromatic rings. The standard InChI is InChI=1S/C27H22FN5O3/c28-22-13-5-4-12-21(22)26(27(35)29-17-20-11-8-16-36-20)33(19-9-2-1-3-10-19)25(34)18-32-24-15-7-6-14-23(24)30-31-32/h1-16,26H,17-18H2,(H,29,35). The van der Waals surface area contributed by atoms with Crippen LogP contribution in [-0.2, 0) is 22.7 Å². The molecule has 0 bridgehead atoms. The lowest BCUT2D eigenvalue weighted by molar-refractivity contribution is -0.127. The molecule has 2 aromatic heterocycles. The van der Waals surface area contributed by atoms with E-state index < -0.39 is 23.7 Å². The number of nitrogens with one attached hydrogen (secondary N) is 1. The molecule has 0 spiro atoms. The number of aromatic nitrogens is 3. The minimum atomic E-state index is -1.29. The molecule has 2 amide bonds. The zero-order valence-corrected chi connectivity index (χ0v) is 19.1. The number of para-hydroxylation sites is 2. The van der Waals surface area contributed by atoms with Crippen molar-refractivity contribution in [2.75, 3.05) is 4.90 Å². The third kappa shape index (κ3) is 4.72. The zero-order chi connectivity index (χ0) is 24.9. The van der Waals surface area contributed by atoms with Crippen LogP contribution in [-0.4, -0.2) is 26.8 Å². The third-order valence-corrected chi connectivity index (χ3v) is 5.73. The topological polar surface area (TPSA) is 93.3 Å². The summed E-state index contributed by atoms with van der Waals surface area (Å²) in [5, 5.41) is 11.0. The molecule has 0 saturated heterocycles. The second-order valence-corrected chi connectivity index (χ2v) is 8.06. The minimum Gasteiger partial charge on any atom is -0.467 e. The number of rotatable bonds is 8. The van der Waals surface area contributed by atoms with Crippen molar-refractivity contribution >= 4 is 28.5 Å². The van der Waals surface area contributed by atoms with Gasteiger partial charge in [0.2, 0.25) is 11.8 Å². The quantitative estimate of drug-likeness (QED) is 0.356. The Labute approximate surface area is 205 Å². The maximum Gasteiger partial charge on any atom is 0.249 e. The first kappa shape index (κ1) is 23.0. The molecule has 1 atom stereocenters. The highest BCUT2D eigenvalue weighted by Gasteiger charge is 2.35. The van der Waals surface area contributed by atoms with E-state index in [-0.39, 0.29) is 18.7 Å². The molecule has 2 heterocycles. The van der Waals surface area contributed by atoms with E-state index in [1.54, 1.807) is 60.7 Å². The summed E-state index contributed by atoms with van der Waals surface area (Å²) in [6, 6.07) is 24.0. The van der Waals surface area contributed by atoms with Crippen molar-refractivity contribution in [3.8, 4) is 0 Å². The van der Waals surface area contributed by atoms with Gasteiger partial charge in [-0.3, -0.25) is 14.5 Å². The summed E-state index contributed by atoms with van der Waals surface area (Å²) in [6.07, 6.45) is 1.50. The number of halogens is 1. The second-order valence-electron chi connectivity index (χ2n) is 8.06. The van der Waals surface area contributed by atoms with Crippen molar-refractivity contribution in [1.29, 1.82) is 0 Å². The normalized spacial score (nSPS) is 11.8. The molecule has 5 rings (SSSR count). The Kier molecular flexibility index (Phi) is 6.53. The van der Waals surface area contributed by atoms with Gasteiger partial charge in [-0.25, -0.2) is 9.07 Å².